The minimum Gasteiger partial charge on any atom is -0.465 e. The Balaban J connectivity index is 2.72. The lowest BCUT2D eigenvalue weighted by Gasteiger charge is -2.17. The zero-order valence-electron chi connectivity index (χ0n) is 12.4. The van der Waals surface area contributed by atoms with Crippen LogP contribution in [0.15, 0.2) is 36.9 Å². The number of anilines is 1. The van der Waals surface area contributed by atoms with Gasteiger partial charge < -0.3 is 10.1 Å². The molecule has 0 saturated carbocycles. The number of esters is 1. The van der Waals surface area contributed by atoms with Crippen LogP contribution in [-0.4, -0.2) is 51.1 Å². The van der Waals surface area contributed by atoms with E-state index in [1.807, 2.05) is 0 Å². The molecule has 0 radical (unpaired) electrons. The Hall–Kier alpha value is -2.19. The smallest absolute Gasteiger partial charge is 0.337 e. The molecule has 0 aliphatic rings. The fourth-order valence-corrected chi connectivity index (χ4v) is 2.36. The quantitative estimate of drug-likeness (QED) is 0.592. The highest BCUT2D eigenvalue weighted by molar-refractivity contribution is 7.88. The Bertz CT molecular complexity index is 652. The van der Waals surface area contributed by atoms with Gasteiger partial charge in [0.15, 0.2) is 0 Å². The second-order valence-corrected chi connectivity index (χ2v) is 6.44. The highest BCUT2D eigenvalue weighted by Crippen LogP contribution is 2.10. The molecule has 0 fully saturated rings. The van der Waals surface area contributed by atoms with Crippen LogP contribution in [0.25, 0.3) is 0 Å². The van der Waals surface area contributed by atoms with E-state index in [4.69, 9.17) is 0 Å². The summed E-state index contributed by atoms with van der Waals surface area (Å²) in [5.41, 5.74) is 0.801. The van der Waals surface area contributed by atoms with Gasteiger partial charge in [-0.05, 0) is 24.3 Å². The van der Waals surface area contributed by atoms with Crippen molar-refractivity contribution in [3.8, 4) is 0 Å². The Labute approximate surface area is 129 Å². The lowest BCUT2D eigenvalue weighted by Crippen LogP contribution is -2.37. The van der Waals surface area contributed by atoms with Gasteiger partial charge in [-0.15, -0.1) is 6.58 Å². The Morgan fingerprint density at radius 2 is 1.91 bits per heavy atom. The first kappa shape index (κ1) is 17.9. The van der Waals surface area contributed by atoms with Crippen molar-refractivity contribution in [2.75, 3.05) is 31.8 Å². The van der Waals surface area contributed by atoms with Crippen LogP contribution >= 0.6 is 0 Å². The zero-order valence-corrected chi connectivity index (χ0v) is 13.2. The third-order valence-corrected chi connectivity index (χ3v) is 3.93. The van der Waals surface area contributed by atoms with Gasteiger partial charge in [-0.3, -0.25) is 4.79 Å². The molecule has 1 N–H and O–H groups in total. The highest BCUT2D eigenvalue weighted by Gasteiger charge is 2.18. The van der Waals surface area contributed by atoms with Crippen molar-refractivity contribution in [1.29, 1.82) is 0 Å². The van der Waals surface area contributed by atoms with E-state index >= 15 is 0 Å². The second-order valence-electron chi connectivity index (χ2n) is 4.46. The first-order chi connectivity index (χ1) is 10.3. The molecule has 7 nitrogen and oxygen atoms in total. The number of benzene rings is 1. The molecule has 0 aliphatic carbocycles. The van der Waals surface area contributed by atoms with Crippen LogP contribution in [0, 0.1) is 0 Å². The third-order valence-electron chi connectivity index (χ3n) is 2.71. The second kappa shape index (κ2) is 7.71. The van der Waals surface area contributed by atoms with E-state index in [0.29, 0.717) is 11.3 Å². The Morgan fingerprint density at radius 3 is 2.36 bits per heavy atom. The maximum absolute atomic E-state index is 11.9. The standard InChI is InChI=1S/C14H18N2O5S/c1-4-9-16(22(3,19)20)10-13(17)15-12-7-5-11(6-8-12)14(18)21-2/h4-8H,1,9-10H2,2-3H3,(H,15,17). The summed E-state index contributed by atoms with van der Waals surface area (Å²) in [5, 5.41) is 2.56. The molecule has 0 spiro atoms. The maximum atomic E-state index is 11.9. The number of hydrogen-bond donors (Lipinski definition) is 1. The van der Waals surface area contributed by atoms with Gasteiger partial charge in [0.1, 0.15) is 0 Å². The lowest BCUT2D eigenvalue weighted by molar-refractivity contribution is -0.116. The number of rotatable bonds is 7. The van der Waals surface area contributed by atoms with E-state index in [2.05, 4.69) is 16.6 Å². The molecule has 0 aromatic heterocycles. The molecular formula is C14H18N2O5S. The van der Waals surface area contributed by atoms with Crippen molar-refractivity contribution in [2.45, 2.75) is 0 Å². The molecule has 0 saturated heterocycles. The summed E-state index contributed by atoms with van der Waals surface area (Å²) in [4.78, 5) is 23.2. The van der Waals surface area contributed by atoms with Crippen molar-refractivity contribution in [3.05, 3.63) is 42.5 Å². The fraction of sp³-hybridized carbons (Fsp3) is 0.286. The molecule has 120 valence electrons. The molecule has 0 aliphatic heterocycles. The normalized spacial score (nSPS) is 11.0. The van der Waals surface area contributed by atoms with Gasteiger partial charge in [-0.25, -0.2) is 13.2 Å². The molecule has 0 unspecified atom stereocenters. The topological polar surface area (TPSA) is 92.8 Å². The van der Waals surface area contributed by atoms with Gasteiger partial charge >= 0.3 is 5.97 Å². The number of methoxy groups -OCH3 is 1. The van der Waals surface area contributed by atoms with Crippen LogP contribution in [-0.2, 0) is 19.6 Å². The predicted molar refractivity (Wildman–Crippen MR) is 83.0 cm³/mol. The van der Waals surface area contributed by atoms with Gasteiger partial charge in [0.05, 0.1) is 25.5 Å². The largest absolute Gasteiger partial charge is 0.465 e. The number of nitrogens with one attached hydrogen (secondary N) is 1. The average Bonchev–Trinajstić information content (AvgIpc) is 2.45. The minimum atomic E-state index is -3.50. The molecule has 1 rings (SSSR count). The SMILES string of the molecule is C=CCN(CC(=O)Nc1ccc(C(=O)OC)cc1)S(C)(=O)=O. The van der Waals surface area contributed by atoms with Crippen molar-refractivity contribution in [2.24, 2.45) is 0 Å². The Kier molecular flexibility index (Phi) is 6.26. The number of nitrogens with zero attached hydrogens (tertiary/aromatic N) is 1. The van der Waals surface area contributed by atoms with Gasteiger partial charge in [0.2, 0.25) is 15.9 Å². The van der Waals surface area contributed by atoms with Crippen LogP contribution < -0.4 is 5.32 Å². The zero-order chi connectivity index (χ0) is 16.8. The van der Waals surface area contributed by atoms with E-state index in [1.54, 1.807) is 0 Å². The van der Waals surface area contributed by atoms with Crippen LogP contribution in [0.5, 0.6) is 0 Å². The average molecular weight is 326 g/mol. The lowest BCUT2D eigenvalue weighted by atomic mass is 10.2. The van der Waals surface area contributed by atoms with E-state index in [-0.39, 0.29) is 13.1 Å². The number of ether oxygens (including phenoxy) is 1. The van der Waals surface area contributed by atoms with Gasteiger partial charge in [-0.1, -0.05) is 6.08 Å². The number of carbonyl (C=O) groups excluding carboxylic acids is 2. The van der Waals surface area contributed by atoms with E-state index in [0.717, 1.165) is 10.6 Å². The first-order valence-electron chi connectivity index (χ1n) is 6.32. The molecule has 8 heteroatoms. The third kappa shape index (κ3) is 5.30. The predicted octanol–water partition coefficient (Wildman–Crippen LogP) is 0.859. The van der Waals surface area contributed by atoms with Crippen molar-refractivity contribution in [1.82, 2.24) is 4.31 Å². The molecule has 0 atom stereocenters. The molecule has 1 amide bonds. The molecule has 22 heavy (non-hydrogen) atoms. The Morgan fingerprint density at radius 1 is 1.32 bits per heavy atom. The van der Waals surface area contributed by atoms with Crippen LogP contribution in [0.3, 0.4) is 0 Å². The van der Waals surface area contributed by atoms with Crippen LogP contribution in [0.2, 0.25) is 0 Å². The van der Waals surface area contributed by atoms with Crippen LogP contribution in [0.1, 0.15) is 10.4 Å². The fourth-order valence-electron chi connectivity index (χ4n) is 1.63. The van der Waals surface area contributed by atoms with Crippen molar-refractivity contribution < 1.29 is 22.7 Å². The maximum Gasteiger partial charge on any atom is 0.337 e. The summed E-state index contributed by atoms with van der Waals surface area (Å²) < 4.78 is 28.6. The van der Waals surface area contributed by atoms with Crippen molar-refractivity contribution >= 4 is 27.6 Å². The molecule has 0 heterocycles. The summed E-state index contributed by atoms with van der Waals surface area (Å²) in [5.74, 6) is -0.967. The molecular weight excluding hydrogens is 308 g/mol. The highest BCUT2D eigenvalue weighted by atomic mass is 32.2. The summed E-state index contributed by atoms with van der Waals surface area (Å²) >= 11 is 0. The first-order valence-corrected chi connectivity index (χ1v) is 8.17. The number of hydrogen-bond acceptors (Lipinski definition) is 5. The summed E-state index contributed by atoms with van der Waals surface area (Å²) in [6.07, 6.45) is 2.43. The van der Waals surface area contributed by atoms with Gasteiger partial charge in [0.25, 0.3) is 0 Å². The molecule has 1 aromatic carbocycles. The summed E-state index contributed by atoms with van der Waals surface area (Å²) in [6, 6.07) is 6.06. The monoisotopic (exact) mass is 326 g/mol. The molecule has 0 bridgehead atoms. The van der Waals surface area contributed by atoms with Gasteiger partial charge in [0, 0.05) is 12.2 Å². The minimum absolute atomic E-state index is 0.0491. The number of sulfonamides is 1. The number of amides is 1. The number of carbonyl (C=O) groups is 2. The molecule has 1 aromatic rings. The van der Waals surface area contributed by atoms with Gasteiger partial charge in [-0.2, -0.15) is 4.31 Å². The summed E-state index contributed by atoms with van der Waals surface area (Å²) in [7, 11) is -2.22. The van der Waals surface area contributed by atoms with E-state index < -0.39 is 21.9 Å². The van der Waals surface area contributed by atoms with Crippen molar-refractivity contribution in [3.63, 3.8) is 0 Å². The summed E-state index contributed by atoms with van der Waals surface area (Å²) in [6.45, 7) is 3.19. The van der Waals surface area contributed by atoms with Crippen LogP contribution in [0.4, 0.5) is 5.69 Å². The van der Waals surface area contributed by atoms with E-state index in [9.17, 15) is 18.0 Å². The van der Waals surface area contributed by atoms with E-state index in [1.165, 1.54) is 37.5 Å².